The van der Waals surface area contributed by atoms with Crippen LogP contribution in [0.25, 0.3) is 10.8 Å². The Labute approximate surface area is 239 Å². The van der Waals surface area contributed by atoms with Crippen LogP contribution in [0.4, 0.5) is 5.69 Å². The lowest BCUT2D eigenvalue weighted by Gasteiger charge is -2.35. The average molecular weight is 589 g/mol. The van der Waals surface area contributed by atoms with Crippen LogP contribution in [-0.4, -0.2) is 58.7 Å². The lowest BCUT2D eigenvalue weighted by atomic mass is 9.85. The molecular weight excluding hydrogens is 550 g/mol. The number of hydrogen-bond donors (Lipinski definition) is 1. The van der Waals surface area contributed by atoms with E-state index in [1.165, 1.54) is 97.9 Å². The average Bonchev–Trinajstić information content (AvgIpc) is 3.64. The molecule has 3 aromatic rings. The van der Waals surface area contributed by atoms with Gasteiger partial charge in [0.05, 0.1) is 23.5 Å². The molecule has 204 valence electrons. The maximum absolute atomic E-state index is 6.59. The third-order valence-corrected chi connectivity index (χ3v) is 11.1. The Kier molecular flexibility index (Phi) is 6.11. The molecule has 0 saturated carbocycles. The number of aromatic nitrogens is 2. The Hall–Kier alpha value is -2.22. The van der Waals surface area contributed by atoms with Gasteiger partial charge in [-0.05, 0) is 94.0 Å². The Bertz CT molecular complexity index is 1380. The van der Waals surface area contributed by atoms with Gasteiger partial charge >= 0.3 is 6.01 Å². The first-order chi connectivity index (χ1) is 19.1. The summed E-state index contributed by atoms with van der Waals surface area (Å²) in [5.74, 6) is 0.508. The second kappa shape index (κ2) is 9.71. The number of nitrogens with one attached hydrogen (secondary N) is 1. The number of fused-ring (bicyclic) bond motifs is 5. The number of anilines is 1. The standard InChI is InChI=1S/C32H38BrN5O/c33-26-7-1-5-21-6-2-8-28(29(21)26)37-16-11-25-27(19-37)35-31(39-20-32-12-3-14-38(32)15-4-13-32)36-30(25)22-17-23-9-10-24(18-22)34-23/h1-2,5-8,22-24,34H,3-4,9-20H2. The van der Waals surface area contributed by atoms with Crippen molar-refractivity contribution in [1.29, 1.82) is 0 Å². The molecule has 5 aliphatic rings. The predicted octanol–water partition coefficient (Wildman–Crippen LogP) is 5.96. The third-order valence-electron chi connectivity index (χ3n) is 10.4. The number of rotatable bonds is 5. The molecule has 4 fully saturated rings. The van der Waals surface area contributed by atoms with Crippen LogP contribution >= 0.6 is 15.9 Å². The van der Waals surface area contributed by atoms with Crippen LogP contribution in [0.3, 0.4) is 0 Å². The molecule has 0 radical (unpaired) electrons. The van der Waals surface area contributed by atoms with Gasteiger partial charge in [-0.15, -0.1) is 0 Å². The summed E-state index contributed by atoms with van der Waals surface area (Å²) in [6.07, 6.45) is 11.0. The summed E-state index contributed by atoms with van der Waals surface area (Å²) in [6, 6.07) is 15.0. The van der Waals surface area contributed by atoms with Crippen molar-refractivity contribution in [2.45, 2.75) is 87.9 Å². The Morgan fingerprint density at radius 3 is 2.54 bits per heavy atom. The van der Waals surface area contributed by atoms with Crippen molar-refractivity contribution in [3.8, 4) is 6.01 Å². The summed E-state index contributed by atoms with van der Waals surface area (Å²) < 4.78 is 7.74. The van der Waals surface area contributed by atoms with Gasteiger partial charge in [-0.2, -0.15) is 9.97 Å². The van der Waals surface area contributed by atoms with Crippen LogP contribution in [0.15, 0.2) is 40.9 Å². The number of nitrogens with zero attached hydrogens (tertiary/aromatic N) is 4. The van der Waals surface area contributed by atoms with Crippen molar-refractivity contribution in [2.75, 3.05) is 31.1 Å². The summed E-state index contributed by atoms with van der Waals surface area (Å²) in [6.45, 7) is 4.94. The minimum Gasteiger partial charge on any atom is -0.461 e. The zero-order valence-corrected chi connectivity index (χ0v) is 24.3. The highest BCUT2D eigenvalue weighted by molar-refractivity contribution is 9.10. The molecule has 2 atom stereocenters. The molecule has 1 N–H and O–H groups in total. The van der Waals surface area contributed by atoms with Gasteiger partial charge in [0.2, 0.25) is 0 Å². The molecule has 0 aliphatic carbocycles. The fraction of sp³-hybridized carbons (Fsp3) is 0.562. The number of piperidine rings is 1. The second-order valence-corrected chi connectivity index (χ2v) is 13.5. The summed E-state index contributed by atoms with van der Waals surface area (Å²) in [5, 5.41) is 6.38. The molecule has 2 bridgehead atoms. The van der Waals surface area contributed by atoms with Gasteiger partial charge < -0.3 is 15.0 Å². The van der Waals surface area contributed by atoms with Crippen molar-refractivity contribution in [3.63, 3.8) is 0 Å². The fourth-order valence-electron chi connectivity index (χ4n) is 8.52. The summed E-state index contributed by atoms with van der Waals surface area (Å²) in [4.78, 5) is 15.6. The van der Waals surface area contributed by atoms with Crippen LogP contribution in [0.1, 0.15) is 74.2 Å². The highest BCUT2D eigenvalue weighted by Gasteiger charge is 2.45. The maximum Gasteiger partial charge on any atom is 0.316 e. The van der Waals surface area contributed by atoms with Gasteiger partial charge in [0.25, 0.3) is 0 Å². The SMILES string of the molecule is Brc1cccc2cccc(N3CCc4c(nc(OCC56CCCN5CCC6)nc4C4CC5CCC(C4)N5)C3)c12. The predicted molar refractivity (Wildman–Crippen MR) is 159 cm³/mol. The van der Waals surface area contributed by atoms with E-state index < -0.39 is 0 Å². The zero-order chi connectivity index (χ0) is 26.0. The van der Waals surface area contributed by atoms with E-state index in [-0.39, 0.29) is 5.54 Å². The van der Waals surface area contributed by atoms with Crippen LogP contribution in [0, 0.1) is 0 Å². The van der Waals surface area contributed by atoms with Gasteiger partial charge in [0.15, 0.2) is 0 Å². The smallest absolute Gasteiger partial charge is 0.316 e. The van der Waals surface area contributed by atoms with E-state index in [0.29, 0.717) is 24.0 Å². The van der Waals surface area contributed by atoms with Gasteiger partial charge in [0, 0.05) is 40.1 Å². The van der Waals surface area contributed by atoms with Crippen molar-refractivity contribution < 1.29 is 4.74 Å². The molecule has 0 amide bonds. The van der Waals surface area contributed by atoms with E-state index in [2.05, 4.69) is 67.4 Å². The largest absolute Gasteiger partial charge is 0.461 e. The van der Waals surface area contributed by atoms with Crippen molar-refractivity contribution in [3.05, 3.63) is 57.8 Å². The Balaban J connectivity index is 1.15. The highest BCUT2D eigenvalue weighted by Crippen LogP contribution is 2.42. The van der Waals surface area contributed by atoms with Crippen LogP contribution in [0.2, 0.25) is 0 Å². The molecule has 2 unspecified atom stereocenters. The molecule has 5 aliphatic heterocycles. The molecule has 1 aromatic heterocycles. The molecule has 7 heteroatoms. The monoisotopic (exact) mass is 587 g/mol. The summed E-state index contributed by atoms with van der Waals surface area (Å²) >= 11 is 3.83. The van der Waals surface area contributed by atoms with Gasteiger partial charge in [-0.1, -0.05) is 40.2 Å². The Morgan fingerprint density at radius 1 is 0.974 bits per heavy atom. The zero-order valence-electron chi connectivity index (χ0n) is 22.7. The fourth-order valence-corrected chi connectivity index (χ4v) is 9.11. The normalized spacial score (nSPS) is 27.6. The quantitative estimate of drug-likeness (QED) is 0.397. The van der Waals surface area contributed by atoms with Gasteiger partial charge in [-0.3, -0.25) is 4.90 Å². The number of benzene rings is 2. The lowest BCUT2D eigenvalue weighted by Crippen LogP contribution is -2.43. The summed E-state index contributed by atoms with van der Waals surface area (Å²) in [7, 11) is 0. The second-order valence-electron chi connectivity index (χ2n) is 12.6. The van der Waals surface area contributed by atoms with E-state index in [0.717, 1.165) is 30.6 Å². The van der Waals surface area contributed by atoms with Crippen LogP contribution < -0.4 is 15.0 Å². The minimum atomic E-state index is 0.203. The first kappa shape index (κ1) is 24.6. The van der Waals surface area contributed by atoms with Crippen LogP contribution in [-0.2, 0) is 13.0 Å². The van der Waals surface area contributed by atoms with E-state index in [4.69, 9.17) is 14.7 Å². The molecule has 4 saturated heterocycles. The molecule has 6 heterocycles. The lowest BCUT2D eigenvalue weighted by molar-refractivity contribution is 0.107. The van der Waals surface area contributed by atoms with Crippen LogP contribution in [0.5, 0.6) is 6.01 Å². The summed E-state index contributed by atoms with van der Waals surface area (Å²) in [5.41, 5.74) is 5.34. The van der Waals surface area contributed by atoms with Crippen molar-refractivity contribution in [2.24, 2.45) is 0 Å². The third kappa shape index (κ3) is 4.27. The maximum atomic E-state index is 6.59. The Morgan fingerprint density at radius 2 is 1.74 bits per heavy atom. The van der Waals surface area contributed by atoms with E-state index in [1.54, 1.807) is 0 Å². The number of halogens is 1. The number of hydrogen-bond acceptors (Lipinski definition) is 6. The first-order valence-electron chi connectivity index (χ1n) is 15.1. The van der Waals surface area contributed by atoms with E-state index in [1.807, 2.05) is 0 Å². The molecule has 6 nitrogen and oxygen atoms in total. The number of ether oxygens (including phenoxy) is 1. The van der Waals surface area contributed by atoms with E-state index in [9.17, 15) is 0 Å². The molecular formula is C32H38BrN5O. The van der Waals surface area contributed by atoms with Gasteiger partial charge in [-0.25, -0.2) is 0 Å². The van der Waals surface area contributed by atoms with Crippen molar-refractivity contribution in [1.82, 2.24) is 20.2 Å². The highest BCUT2D eigenvalue weighted by atomic mass is 79.9. The molecule has 39 heavy (non-hydrogen) atoms. The topological polar surface area (TPSA) is 53.5 Å². The molecule has 0 spiro atoms. The van der Waals surface area contributed by atoms with Crippen molar-refractivity contribution >= 4 is 32.4 Å². The van der Waals surface area contributed by atoms with Gasteiger partial charge in [0.1, 0.15) is 6.61 Å². The first-order valence-corrected chi connectivity index (χ1v) is 15.9. The minimum absolute atomic E-state index is 0.203. The molecule has 2 aromatic carbocycles. The molecule has 8 rings (SSSR count). The van der Waals surface area contributed by atoms with E-state index >= 15 is 0 Å².